The van der Waals surface area contributed by atoms with Gasteiger partial charge in [0.05, 0.1) is 18.3 Å². The van der Waals surface area contributed by atoms with E-state index in [0.717, 1.165) is 34.6 Å². The average molecular weight is 478 g/mol. The molecule has 4 aromatic rings. The van der Waals surface area contributed by atoms with E-state index in [-0.39, 0.29) is 25.4 Å². The van der Waals surface area contributed by atoms with Crippen LogP contribution in [0.25, 0.3) is 33.6 Å². The van der Waals surface area contributed by atoms with Gasteiger partial charge in [-0.25, -0.2) is 14.4 Å². The molecule has 1 aromatic carbocycles. The summed E-state index contributed by atoms with van der Waals surface area (Å²) in [6.45, 7) is 1.13. The molecule has 2 fully saturated rings. The van der Waals surface area contributed by atoms with E-state index >= 15 is 0 Å². The number of aliphatic hydroxyl groups excluding tert-OH is 1. The van der Waals surface area contributed by atoms with Crippen LogP contribution in [0.5, 0.6) is 5.75 Å². The highest BCUT2D eigenvalue weighted by molar-refractivity contribution is 6.00. The van der Waals surface area contributed by atoms with Gasteiger partial charge in [-0.15, -0.1) is 0 Å². The molecule has 2 atom stereocenters. The zero-order chi connectivity index (χ0) is 24.3. The third-order valence-electron chi connectivity index (χ3n) is 7.21. The number of hydrogen-bond acceptors (Lipinski definition) is 5. The lowest BCUT2D eigenvalue weighted by Crippen LogP contribution is -2.47. The molecule has 0 radical (unpaired) electrons. The third kappa shape index (κ3) is 3.74. The first-order valence-corrected chi connectivity index (χ1v) is 12.0. The van der Waals surface area contributed by atoms with Gasteiger partial charge in [0.25, 0.3) is 5.91 Å². The number of carbonyl (C=O) groups excluding carboxylic acids is 1. The Morgan fingerprint density at radius 2 is 2.09 bits per heavy atom. The van der Waals surface area contributed by atoms with Crippen LogP contribution in [0.2, 0.25) is 0 Å². The van der Waals surface area contributed by atoms with E-state index in [9.17, 15) is 14.3 Å². The van der Waals surface area contributed by atoms with E-state index in [1.165, 1.54) is 17.7 Å². The van der Waals surface area contributed by atoms with Gasteiger partial charge in [0.2, 0.25) is 0 Å². The molecule has 35 heavy (non-hydrogen) atoms. The van der Waals surface area contributed by atoms with Gasteiger partial charge < -0.3 is 23.9 Å². The van der Waals surface area contributed by atoms with Crippen molar-refractivity contribution in [2.75, 3.05) is 20.2 Å². The summed E-state index contributed by atoms with van der Waals surface area (Å²) >= 11 is 0. The molecule has 6 rings (SSSR count). The van der Waals surface area contributed by atoms with Crippen molar-refractivity contribution in [1.82, 2.24) is 24.0 Å². The van der Waals surface area contributed by atoms with Crippen LogP contribution in [-0.4, -0.2) is 67.5 Å². The highest BCUT2D eigenvalue weighted by Crippen LogP contribution is 2.37. The number of benzene rings is 1. The summed E-state index contributed by atoms with van der Waals surface area (Å²) in [7, 11) is 3.52. The second-order valence-electron chi connectivity index (χ2n) is 9.66. The summed E-state index contributed by atoms with van der Waals surface area (Å²) in [5.74, 6) is 1.70. The van der Waals surface area contributed by atoms with Crippen LogP contribution in [0.4, 0.5) is 4.39 Å². The molecule has 9 heteroatoms. The molecular weight excluding hydrogens is 449 g/mol. The second-order valence-corrected chi connectivity index (χ2v) is 9.66. The molecule has 0 spiro atoms. The summed E-state index contributed by atoms with van der Waals surface area (Å²) in [5, 5.41) is 11.0. The molecule has 182 valence electrons. The molecule has 2 unspecified atom stereocenters. The standard InChI is InChI=1S/C26H28FN5O3/c1-30-23-19(10-17(12-22(23)35-2)26(34)31-9-7-18(27)21(33)14-31)29-25(30)20-11-16-4-3-8-28-24(16)32(20)13-15-5-6-15/h3-4,8,10-12,15,18,21,33H,5-7,9,13-14H2,1-2H3. The number of carbonyl (C=O) groups is 1. The van der Waals surface area contributed by atoms with Crippen LogP contribution >= 0.6 is 0 Å². The molecule has 8 nitrogen and oxygen atoms in total. The van der Waals surface area contributed by atoms with Crippen molar-refractivity contribution in [1.29, 1.82) is 0 Å². The number of halogens is 1. The average Bonchev–Trinajstić information content (AvgIpc) is 3.53. The van der Waals surface area contributed by atoms with Crippen molar-refractivity contribution in [2.45, 2.75) is 38.1 Å². The zero-order valence-corrected chi connectivity index (χ0v) is 19.8. The quantitative estimate of drug-likeness (QED) is 0.475. The number of likely N-dealkylation sites (tertiary alicyclic amines) is 1. The fourth-order valence-corrected chi connectivity index (χ4v) is 5.10. The number of amides is 1. The van der Waals surface area contributed by atoms with E-state index in [0.29, 0.717) is 22.7 Å². The fraction of sp³-hybridized carbons (Fsp3) is 0.423. The number of aliphatic hydroxyl groups is 1. The van der Waals surface area contributed by atoms with E-state index in [1.807, 2.05) is 23.9 Å². The topological polar surface area (TPSA) is 85.4 Å². The molecule has 1 saturated carbocycles. The Kier molecular flexibility index (Phi) is 5.25. The predicted molar refractivity (Wildman–Crippen MR) is 130 cm³/mol. The number of β-amino-alcohol motifs (C(OH)–C–C–N with tert-alkyl or cyclic N) is 1. The molecule has 1 N–H and O–H groups in total. The van der Waals surface area contributed by atoms with Crippen molar-refractivity contribution in [3.63, 3.8) is 0 Å². The Labute approximate surface area is 201 Å². The Morgan fingerprint density at radius 1 is 1.26 bits per heavy atom. The Hall–Kier alpha value is -3.46. The number of nitrogens with zero attached hydrogens (tertiary/aromatic N) is 5. The second kappa shape index (κ2) is 8.34. The van der Waals surface area contributed by atoms with Crippen LogP contribution in [0.15, 0.2) is 36.5 Å². The molecule has 3 aromatic heterocycles. The van der Waals surface area contributed by atoms with Gasteiger partial charge in [0.1, 0.15) is 29.2 Å². The first-order valence-electron chi connectivity index (χ1n) is 12.0. The number of piperidine rings is 1. The van der Waals surface area contributed by atoms with Gasteiger partial charge in [-0.2, -0.15) is 0 Å². The van der Waals surface area contributed by atoms with Crippen LogP contribution in [0.3, 0.4) is 0 Å². The summed E-state index contributed by atoms with van der Waals surface area (Å²) in [6, 6.07) is 9.57. The molecule has 0 bridgehead atoms. The highest BCUT2D eigenvalue weighted by atomic mass is 19.1. The Bertz CT molecular complexity index is 1440. The van der Waals surface area contributed by atoms with Crippen molar-refractivity contribution in [2.24, 2.45) is 13.0 Å². The molecule has 1 aliphatic carbocycles. The number of ether oxygens (including phenoxy) is 1. The fourth-order valence-electron chi connectivity index (χ4n) is 5.10. The van der Waals surface area contributed by atoms with Crippen LogP contribution in [0.1, 0.15) is 29.6 Å². The van der Waals surface area contributed by atoms with Gasteiger partial charge in [0, 0.05) is 43.8 Å². The summed E-state index contributed by atoms with van der Waals surface area (Å²) in [6.07, 6.45) is 1.92. The number of pyridine rings is 1. The van der Waals surface area contributed by atoms with Gasteiger partial charge >= 0.3 is 0 Å². The monoisotopic (exact) mass is 477 g/mol. The van der Waals surface area contributed by atoms with E-state index < -0.39 is 12.3 Å². The van der Waals surface area contributed by atoms with Gasteiger partial charge in [-0.05, 0) is 55.5 Å². The lowest BCUT2D eigenvalue weighted by Gasteiger charge is -2.32. The van der Waals surface area contributed by atoms with Crippen molar-refractivity contribution in [3.05, 3.63) is 42.1 Å². The van der Waals surface area contributed by atoms with E-state index in [2.05, 4.69) is 21.7 Å². The normalized spacial score (nSPS) is 20.6. The smallest absolute Gasteiger partial charge is 0.254 e. The summed E-state index contributed by atoms with van der Waals surface area (Å²) in [5.41, 5.74) is 3.76. The van der Waals surface area contributed by atoms with E-state index in [1.54, 1.807) is 19.2 Å². The Morgan fingerprint density at radius 3 is 2.83 bits per heavy atom. The lowest BCUT2D eigenvalue weighted by molar-refractivity contribution is 0.00580. The molecule has 1 aliphatic heterocycles. The first kappa shape index (κ1) is 22.0. The van der Waals surface area contributed by atoms with Crippen LogP contribution in [-0.2, 0) is 13.6 Å². The number of fused-ring (bicyclic) bond motifs is 2. The number of methoxy groups -OCH3 is 1. The van der Waals surface area contributed by atoms with Gasteiger partial charge in [0.15, 0.2) is 5.82 Å². The minimum atomic E-state index is -1.30. The summed E-state index contributed by atoms with van der Waals surface area (Å²) < 4.78 is 23.6. The van der Waals surface area contributed by atoms with Crippen LogP contribution < -0.4 is 4.74 Å². The lowest BCUT2D eigenvalue weighted by atomic mass is 10.0. The first-order chi connectivity index (χ1) is 16.9. The number of alkyl halides is 1. The maximum Gasteiger partial charge on any atom is 0.254 e. The maximum atomic E-state index is 13.7. The summed E-state index contributed by atoms with van der Waals surface area (Å²) in [4.78, 5) is 24.3. The van der Waals surface area contributed by atoms with Gasteiger partial charge in [-0.1, -0.05) is 0 Å². The maximum absolute atomic E-state index is 13.7. The zero-order valence-electron chi connectivity index (χ0n) is 19.8. The third-order valence-corrected chi connectivity index (χ3v) is 7.21. The van der Waals surface area contributed by atoms with E-state index in [4.69, 9.17) is 9.72 Å². The number of rotatable bonds is 5. The molecule has 1 amide bonds. The molecule has 1 saturated heterocycles. The number of aromatic nitrogens is 4. The van der Waals surface area contributed by atoms with Crippen molar-refractivity contribution < 1.29 is 19.0 Å². The molecule has 2 aliphatic rings. The number of imidazole rings is 1. The minimum absolute atomic E-state index is 0.0257. The minimum Gasteiger partial charge on any atom is -0.494 e. The highest BCUT2D eigenvalue weighted by Gasteiger charge is 2.31. The number of aryl methyl sites for hydroxylation is 1. The van der Waals surface area contributed by atoms with Crippen molar-refractivity contribution >= 4 is 28.0 Å². The predicted octanol–water partition coefficient (Wildman–Crippen LogP) is 3.55. The van der Waals surface area contributed by atoms with Crippen LogP contribution in [0, 0.1) is 5.92 Å². The van der Waals surface area contributed by atoms with Gasteiger partial charge in [-0.3, -0.25) is 4.79 Å². The largest absolute Gasteiger partial charge is 0.494 e. The molecular formula is C26H28FN5O3. The SMILES string of the molecule is COc1cc(C(=O)N2CCC(F)C(O)C2)cc2nc(-c3cc4cccnc4n3CC3CC3)n(C)c12. The number of hydrogen-bond donors (Lipinski definition) is 1. The van der Waals surface area contributed by atoms with Crippen molar-refractivity contribution in [3.8, 4) is 17.3 Å². The molecule has 4 heterocycles. The Balaban J connectivity index is 1.45.